The molecule has 3 rings (SSSR count). The molecule has 2 heterocycles. The molecule has 114 valence electrons. The molecule has 0 amide bonds. The number of rotatable bonds is 2. The van der Waals surface area contributed by atoms with Gasteiger partial charge in [-0.25, -0.2) is 0 Å². The lowest BCUT2D eigenvalue weighted by molar-refractivity contribution is -0.137. The molecule has 3 aromatic rings. The van der Waals surface area contributed by atoms with Crippen molar-refractivity contribution in [3.63, 3.8) is 0 Å². The quantitative estimate of drug-likeness (QED) is 0.779. The van der Waals surface area contributed by atoms with Crippen LogP contribution in [0, 0.1) is 0 Å². The third-order valence-electron chi connectivity index (χ3n) is 3.12. The number of halogens is 4. The maximum Gasteiger partial charge on any atom is 0.416 e. The molecule has 0 saturated carbocycles. The van der Waals surface area contributed by atoms with Gasteiger partial charge in [-0.2, -0.15) is 18.3 Å². The van der Waals surface area contributed by atoms with Crippen LogP contribution in [0.25, 0.3) is 22.2 Å². The van der Waals surface area contributed by atoms with Crippen molar-refractivity contribution in [3.05, 3.63) is 35.1 Å². The average molecular weight is 329 g/mol. The molecule has 0 radical (unpaired) electrons. The summed E-state index contributed by atoms with van der Waals surface area (Å²) in [6.07, 6.45) is -2.98. The molecule has 1 N–H and O–H groups in total. The van der Waals surface area contributed by atoms with Gasteiger partial charge in [0.2, 0.25) is 0 Å². The van der Waals surface area contributed by atoms with Crippen LogP contribution in [-0.4, -0.2) is 27.5 Å². The molecule has 1 aromatic carbocycles. The van der Waals surface area contributed by atoms with Gasteiger partial charge in [0.25, 0.3) is 0 Å². The van der Waals surface area contributed by atoms with Crippen molar-refractivity contribution in [1.82, 2.24) is 20.4 Å². The van der Waals surface area contributed by atoms with E-state index < -0.39 is 11.7 Å². The molecule has 9 heteroatoms. The molecular weight excluding hydrogens is 321 g/mol. The highest BCUT2D eigenvalue weighted by Gasteiger charge is 2.31. The van der Waals surface area contributed by atoms with Crippen molar-refractivity contribution in [2.75, 3.05) is 7.11 Å². The number of nitrogens with one attached hydrogen (secondary N) is 1. The molecule has 0 aliphatic rings. The van der Waals surface area contributed by atoms with Crippen LogP contribution in [0.2, 0.25) is 5.15 Å². The van der Waals surface area contributed by atoms with Crippen LogP contribution in [0.15, 0.2) is 24.4 Å². The van der Waals surface area contributed by atoms with E-state index in [1.165, 1.54) is 19.4 Å². The number of nitrogens with zero attached hydrogens (tertiary/aromatic N) is 3. The van der Waals surface area contributed by atoms with Gasteiger partial charge in [-0.3, -0.25) is 5.10 Å². The second-order valence-corrected chi connectivity index (χ2v) is 4.77. The number of aromatic amines is 1. The van der Waals surface area contributed by atoms with Gasteiger partial charge in [-0.15, -0.1) is 10.2 Å². The van der Waals surface area contributed by atoms with E-state index in [9.17, 15) is 13.2 Å². The molecule has 0 atom stereocenters. The van der Waals surface area contributed by atoms with Gasteiger partial charge in [-0.1, -0.05) is 11.6 Å². The van der Waals surface area contributed by atoms with E-state index in [1.807, 2.05) is 0 Å². The van der Waals surface area contributed by atoms with Crippen LogP contribution in [-0.2, 0) is 6.18 Å². The average Bonchev–Trinajstić information content (AvgIpc) is 2.96. The second-order valence-electron chi connectivity index (χ2n) is 4.41. The van der Waals surface area contributed by atoms with Crippen molar-refractivity contribution in [2.45, 2.75) is 6.18 Å². The Hall–Kier alpha value is -2.35. The lowest BCUT2D eigenvalue weighted by Gasteiger charge is -2.12. The molecule has 0 aliphatic heterocycles. The zero-order valence-corrected chi connectivity index (χ0v) is 11.8. The fraction of sp³-hybridized carbons (Fsp3) is 0.154. The fourth-order valence-corrected chi connectivity index (χ4v) is 2.26. The number of fused-ring (bicyclic) bond motifs is 1. The first-order valence-electron chi connectivity index (χ1n) is 6.02. The summed E-state index contributed by atoms with van der Waals surface area (Å²) in [5.41, 5.74) is 0.344. The summed E-state index contributed by atoms with van der Waals surface area (Å²) in [6, 6.07) is 3.16. The van der Waals surface area contributed by atoms with E-state index in [2.05, 4.69) is 20.4 Å². The lowest BCUT2D eigenvalue weighted by Crippen LogP contribution is -2.05. The summed E-state index contributed by atoms with van der Waals surface area (Å²) in [4.78, 5) is 0. The van der Waals surface area contributed by atoms with E-state index >= 15 is 0 Å². The summed E-state index contributed by atoms with van der Waals surface area (Å²) < 4.78 is 43.4. The number of hydrogen-bond acceptors (Lipinski definition) is 4. The maximum atomic E-state index is 12.8. The molecule has 0 fully saturated rings. The first-order valence-corrected chi connectivity index (χ1v) is 6.40. The molecule has 0 unspecified atom stereocenters. The largest absolute Gasteiger partial charge is 0.496 e. The molecule has 0 spiro atoms. The highest BCUT2D eigenvalue weighted by molar-refractivity contribution is 6.34. The number of aromatic nitrogens is 4. The standard InChI is InChI=1S/C13H8ClF3N4O/c1-22-9-4-6(13(15,16)17)2-3-7(9)10-8-5-18-19-11(8)12(14)21-20-10/h2-5H,1H3,(H,18,19). The number of hydrogen-bond donors (Lipinski definition) is 1. The van der Waals surface area contributed by atoms with E-state index in [0.29, 0.717) is 22.2 Å². The number of ether oxygens (including phenoxy) is 1. The third-order valence-corrected chi connectivity index (χ3v) is 3.39. The van der Waals surface area contributed by atoms with Gasteiger partial charge >= 0.3 is 6.18 Å². The fourth-order valence-electron chi connectivity index (χ4n) is 2.08. The van der Waals surface area contributed by atoms with Crippen molar-refractivity contribution >= 4 is 22.5 Å². The summed E-state index contributed by atoms with van der Waals surface area (Å²) in [5.74, 6) is 0.0361. The smallest absolute Gasteiger partial charge is 0.416 e. The summed E-state index contributed by atoms with van der Waals surface area (Å²) in [5, 5.41) is 14.9. The molecule has 2 aromatic heterocycles. The van der Waals surface area contributed by atoms with Crippen LogP contribution in [0.1, 0.15) is 5.56 Å². The zero-order valence-electron chi connectivity index (χ0n) is 11.1. The minimum absolute atomic E-state index is 0.0361. The lowest BCUT2D eigenvalue weighted by atomic mass is 10.0. The number of methoxy groups -OCH3 is 1. The monoisotopic (exact) mass is 328 g/mol. The topological polar surface area (TPSA) is 63.7 Å². The summed E-state index contributed by atoms with van der Waals surface area (Å²) in [6.45, 7) is 0. The Balaban J connectivity index is 2.23. The highest BCUT2D eigenvalue weighted by atomic mass is 35.5. The van der Waals surface area contributed by atoms with Crippen LogP contribution < -0.4 is 4.74 Å². The maximum absolute atomic E-state index is 12.8. The predicted octanol–water partition coefficient (Wildman–Crippen LogP) is 3.70. The highest BCUT2D eigenvalue weighted by Crippen LogP contribution is 2.38. The van der Waals surface area contributed by atoms with E-state index in [0.717, 1.165) is 12.1 Å². The van der Waals surface area contributed by atoms with Gasteiger partial charge in [0.05, 0.1) is 24.3 Å². The van der Waals surface area contributed by atoms with Crippen molar-refractivity contribution < 1.29 is 17.9 Å². The van der Waals surface area contributed by atoms with Crippen molar-refractivity contribution in [1.29, 1.82) is 0 Å². The third kappa shape index (κ3) is 2.35. The normalized spacial score (nSPS) is 11.9. The molecule has 22 heavy (non-hydrogen) atoms. The van der Waals surface area contributed by atoms with Gasteiger partial charge < -0.3 is 4.74 Å². The predicted molar refractivity (Wildman–Crippen MR) is 73.7 cm³/mol. The minimum atomic E-state index is -4.46. The Kier molecular flexibility index (Phi) is 3.40. The van der Waals surface area contributed by atoms with Crippen molar-refractivity contribution in [2.24, 2.45) is 0 Å². The summed E-state index contributed by atoms with van der Waals surface area (Å²) in [7, 11) is 1.29. The SMILES string of the molecule is COc1cc(C(F)(F)F)ccc1-c1nnc(Cl)c2[nH]ncc12. The molecule has 0 bridgehead atoms. The van der Waals surface area contributed by atoms with Crippen LogP contribution >= 0.6 is 11.6 Å². The Morgan fingerprint density at radius 1 is 1.23 bits per heavy atom. The first kappa shape index (κ1) is 14.6. The van der Waals surface area contributed by atoms with Gasteiger partial charge in [-0.05, 0) is 18.2 Å². The van der Waals surface area contributed by atoms with Gasteiger partial charge in [0.1, 0.15) is 17.0 Å². The first-order chi connectivity index (χ1) is 10.4. The zero-order chi connectivity index (χ0) is 15.9. The molecule has 0 aliphatic carbocycles. The van der Waals surface area contributed by atoms with E-state index in [-0.39, 0.29) is 10.9 Å². The Bertz CT molecular complexity index is 847. The van der Waals surface area contributed by atoms with Crippen molar-refractivity contribution in [3.8, 4) is 17.0 Å². The van der Waals surface area contributed by atoms with Crippen LogP contribution in [0.5, 0.6) is 5.75 Å². The number of alkyl halides is 3. The number of H-pyrrole nitrogens is 1. The second kappa shape index (κ2) is 5.13. The Morgan fingerprint density at radius 3 is 2.68 bits per heavy atom. The van der Waals surface area contributed by atoms with E-state index in [1.54, 1.807) is 0 Å². The van der Waals surface area contributed by atoms with E-state index in [4.69, 9.17) is 16.3 Å². The van der Waals surface area contributed by atoms with Crippen LogP contribution in [0.3, 0.4) is 0 Å². The Labute approximate surface area is 127 Å². The molecule has 5 nitrogen and oxygen atoms in total. The summed E-state index contributed by atoms with van der Waals surface area (Å²) >= 11 is 5.89. The van der Waals surface area contributed by atoms with Gasteiger partial charge in [0, 0.05) is 5.56 Å². The molecule has 0 saturated heterocycles. The number of benzene rings is 1. The van der Waals surface area contributed by atoms with Gasteiger partial charge in [0.15, 0.2) is 5.15 Å². The molecular formula is C13H8ClF3N4O. The minimum Gasteiger partial charge on any atom is -0.496 e. The Morgan fingerprint density at radius 2 is 2.00 bits per heavy atom. The van der Waals surface area contributed by atoms with Crippen LogP contribution in [0.4, 0.5) is 13.2 Å².